The quantitative estimate of drug-likeness (QED) is 0.809. The van der Waals surface area contributed by atoms with Crippen molar-refractivity contribution in [2.24, 2.45) is 0 Å². The van der Waals surface area contributed by atoms with E-state index >= 15 is 0 Å². The molecule has 0 atom stereocenters. The smallest absolute Gasteiger partial charge is 0.165 e. The number of hydrogen-bond acceptors (Lipinski definition) is 3. The highest BCUT2D eigenvalue weighted by Gasteiger charge is 2.15. The minimum atomic E-state index is -0.440. The summed E-state index contributed by atoms with van der Waals surface area (Å²) < 4.78 is 13.0. The molecule has 1 heterocycles. The summed E-state index contributed by atoms with van der Waals surface area (Å²) in [6.45, 7) is 2.19. The summed E-state index contributed by atoms with van der Waals surface area (Å²) in [7, 11) is 0. The zero-order valence-corrected chi connectivity index (χ0v) is 9.43. The van der Waals surface area contributed by atoms with Crippen molar-refractivity contribution in [3.63, 3.8) is 0 Å². The van der Waals surface area contributed by atoms with E-state index < -0.39 is 5.82 Å². The second-order valence-electron chi connectivity index (χ2n) is 3.74. The lowest BCUT2D eigenvalue weighted by Gasteiger charge is -2.21. The molecule has 5 heteroatoms. The third-order valence-electron chi connectivity index (χ3n) is 2.52. The van der Waals surface area contributed by atoms with Gasteiger partial charge in [-0.25, -0.2) is 4.39 Å². The molecule has 3 nitrogen and oxygen atoms in total. The largest absolute Gasteiger partial charge is 0.363 e. The molecule has 0 saturated carbocycles. The van der Waals surface area contributed by atoms with E-state index in [1.165, 1.54) is 6.07 Å². The number of nitrogens with zero attached hydrogens (tertiary/aromatic N) is 1. The molecule has 1 aromatic rings. The molecule has 16 heavy (non-hydrogen) atoms. The van der Waals surface area contributed by atoms with Gasteiger partial charge >= 0.3 is 0 Å². The van der Waals surface area contributed by atoms with Crippen LogP contribution >= 0.6 is 11.6 Å². The Balaban J connectivity index is 2.21. The van der Waals surface area contributed by atoms with E-state index in [-0.39, 0.29) is 10.8 Å². The topological polar surface area (TPSA) is 32.3 Å². The van der Waals surface area contributed by atoms with E-state index in [0.29, 0.717) is 19.6 Å². The molecule has 0 spiro atoms. The third-order valence-corrected chi connectivity index (χ3v) is 2.81. The minimum absolute atomic E-state index is 0.0853. The van der Waals surface area contributed by atoms with Crippen molar-refractivity contribution in [1.82, 2.24) is 5.32 Å². The highest BCUT2D eigenvalue weighted by atomic mass is 35.5. The zero-order chi connectivity index (χ0) is 11.5. The van der Waals surface area contributed by atoms with E-state index in [9.17, 15) is 9.18 Å². The molecule has 1 aromatic carbocycles. The van der Waals surface area contributed by atoms with Gasteiger partial charge in [0.15, 0.2) is 5.78 Å². The predicted molar refractivity (Wildman–Crippen MR) is 61.5 cm³/mol. The van der Waals surface area contributed by atoms with Crippen LogP contribution in [0.15, 0.2) is 18.2 Å². The number of nitrogens with one attached hydrogen (secondary N) is 1. The lowest BCUT2D eigenvalue weighted by Crippen LogP contribution is -2.29. The fourth-order valence-electron chi connectivity index (χ4n) is 1.69. The molecule has 1 aliphatic heterocycles. The lowest BCUT2D eigenvalue weighted by atomic mass is 10.2. The number of rotatable bonds is 1. The Morgan fingerprint density at radius 2 is 2.25 bits per heavy atom. The van der Waals surface area contributed by atoms with Crippen LogP contribution in [0.25, 0.3) is 0 Å². The Labute approximate surface area is 98.2 Å². The van der Waals surface area contributed by atoms with Gasteiger partial charge in [0.1, 0.15) is 5.82 Å². The Kier molecular flexibility index (Phi) is 3.41. The first-order valence-electron chi connectivity index (χ1n) is 5.09. The fourth-order valence-corrected chi connectivity index (χ4v) is 1.87. The van der Waals surface area contributed by atoms with Gasteiger partial charge < -0.3 is 10.2 Å². The summed E-state index contributed by atoms with van der Waals surface area (Å²) >= 11 is 5.71. The van der Waals surface area contributed by atoms with Crippen molar-refractivity contribution >= 4 is 23.1 Å². The van der Waals surface area contributed by atoms with Crippen LogP contribution in [0.3, 0.4) is 0 Å². The van der Waals surface area contributed by atoms with Gasteiger partial charge in [0, 0.05) is 18.8 Å². The van der Waals surface area contributed by atoms with Gasteiger partial charge in [-0.1, -0.05) is 11.6 Å². The van der Waals surface area contributed by atoms with Crippen LogP contribution in [0.2, 0.25) is 5.02 Å². The normalized spacial score (nSPS) is 17.4. The van der Waals surface area contributed by atoms with Crippen molar-refractivity contribution in [1.29, 1.82) is 0 Å². The van der Waals surface area contributed by atoms with Gasteiger partial charge in [0.05, 0.1) is 18.1 Å². The van der Waals surface area contributed by atoms with Crippen molar-refractivity contribution in [3.05, 3.63) is 29.0 Å². The van der Waals surface area contributed by atoms with Gasteiger partial charge in [-0.15, -0.1) is 0 Å². The summed E-state index contributed by atoms with van der Waals surface area (Å²) in [5.41, 5.74) is 0.781. The van der Waals surface area contributed by atoms with Crippen LogP contribution in [-0.2, 0) is 4.79 Å². The number of carbonyl (C=O) groups excluding carboxylic acids is 1. The van der Waals surface area contributed by atoms with Gasteiger partial charge in [-0.05, 0) is 18.2 Å². The summed E-state index contributed by atoms with van der Waals surface area (Å²) in [5.74, 6) is -0.317. The number of hydrogen-bond donors (Lipinski definition) is 1. The molecule has 0 radical (unpaired) electrons. The maximum absolute atomic E-state index is 13.0. The lowest BCUT2D eigenvalue weighted by molar-refractivity contribution is -0.116. The third kappa shape index (κ3) is 2.51. The van der Waals surface area contributed by atoms with Gasteiger partial charge in [0.25, 0.3) is 0 Å². The zero-order valence-electron chi connectivity index (χ0n) is 8.67. The number of Topliss-reactive ketones (excluding diaryl/α,β-unsaturated/α-hetero) is 1. The summed E-state index contributed by atoms with van der Waals surface area (Å²) in [6, 6.07) is 4.51. The van der Waals surface area contributed by atoms with Crippen molar-refractivity contribution in [2.75, 3.05) is 31.1 Å². The molecule has 86 valence electrons. The van der Waals surface area contributed by atoms with E-state index in [0.717, 1.165) is 12.2 Å². The Bertz CT molecular complexity index is 411. The SMILES string of the molecule is O=C1CNCCN(c2ccc(F)c(Cl)c2)C1. The van der Waals surface area contributed by atoms with Crippen LogP contribution in [-0.4, -0.2) is 32.0 Å². The molecule has 0 aliphatic carbocycles. The maximum atomic E-state index is 13.0. The number of ketones is 1. The molecule has 1 aliphatic rings. The second-order valence-corrected chi connectivity index (χ2v) is 4.14. The molecule has 1 fully saturated rings. The van der Waals surface area contributed by atoms with Crippen LogP contribution in [0.4, 0.5) is 10.1 Å². The highest BCUT2D eigenvalue weighted by molar-refractivity contribution is 6.31. The summed E-state index contributed by atoms with van der Waals surface area (Å²) in [6.07, 6.45) is 0. The molecule has 0 bridgehead atoms. The molecule has 0 aromatic heterocycles. The van der Waals surface area contributed by atoms with Gasteiger partial charge in [-0.2, -0.15) is 0 Å². The monoisotopic (exact) mass is 242 g/mol. The molecule has 0 amide bonds. The second kappa shape index (κ2) is 4.80. The molecule has 1 N–H and O–H groups in total. The summed E-state index contributed by atoms with van der Waals surface area (Å²) in [5, 5.41) is 3.11. The standard InChI is InChI=1S/C11H12ClFN2O/c12-10-5-8(1-2-11(10)13)15-4-3-14-6-9(16)7-15/h1-2,5,14H,3-4,6-7H2. The Morgan fingerprint density at radius 1 is 1.44 bits per heavy atom. The van der Waals surface area contributed by atoms with Gasteiger partial charge in [-0.3, -0.25) is 4.79 Å². The average molecular weight is 243 g/mol. The van der Waals surface area contributed by atoms with Crippen LogP contribution < -0.4 is 10.2 Å². The Hall–Kier alpha value is -1.13. The van der Waals surface area contributed by atoms with E-state index in [1.807, 2.05) is 4.90 Å². The fraction of sp³-hybridized carbons (Fsp3) is 0.364. The van der Waals surface area contributed by atoms with Crippen LogP contribution in [0, 0.1) is 5.82 Å². The molecule has 2 rings (SSSR count). The molecular weight excluding hydrogens is 231 g/mol. The molecule has 0 unspecified atom stereocenters. The maximum Gasteiger partial charge on any atom is 0.165 e. The van der Waals surface area contributed by atoms with Gasteiger partial charge in [0.2, 0.25) is 0 Å². The van der Waals surface area contributed by atoms with Crippen molar-refractivity contribution < 1.29 is 9.18 Å². The summed E-state index contributed by atoms with van der Waals surface area (Å²) in [4.78, 5) is 13.3. The number of anilines is 1. The predicted octanol–water partition coefficient (Wildman–Crippen LogP) is 1.46. The molecule has 1 saturated heterocycles. The highest BCUT2D eigenvalue weighted by Crippen LogP contribution is 2.22. The minimum Gasteiger partial charge on any atom is -0.363 e. The number of carbonyl (C=O) groups is 1. The Morgan fingerprint density at radius 3 is 3.00 bits per heavy atom. The first-order valence-corrected chi connectivity index (χ1v) is 5.47. The van der Waals surface area contributed by atoms with E-state index in [4.69, 9.17) is 11.6 Å². The average Bonchev–Trinajstić information content (AvgIpc) is 2.47. The number of benzene rings is 1. The van der Waals surface area contributed by atoms with Crippen LogP contribution in [0.5, 0.6) is 0 Å². The van der Waals surface area contributed by atoms with E-state index in [2.05, 4.69) is 5.32 Å². The van der Waals surface area contributed by atoms with Crippen molar-refractivity contribution in [3.8, 4) is 0 Å². The number of halogens is 2. The first kappa shape index (κ1) is 11.4. The van der Waals surface area contributed by atoms with Crippen molar-refractivity contribution in [2.45, 2.75) is 0 Å². The van der Waals surface area contributed by atoms with Crippen LogP contribution in [0.1, 0.15) is 0 Å². The molecular formula is C11H12ClFN2O. The first-order chi connectivity index (χ1) is 7.66. The van der Waals surface area contributed by atoms with E-state index in [1.54, 1.807) is 12.1 Å².